The molecule has 4 aromatic carbocycles. The minimum absolute atomic E-state index is 0.433. The van der Waals surface area contributed by atoms with Crippen molar-refractivity contribution < 1.29 is 49.1 Å². The molecule has 1 aliphatic rings. The molecule has 0 aromatic heterocycles. The average Bonchev–Trinajstić information content (AvgIpc) is 3.01. The van der Waals surface area contributed by atoms with Gasteiger partial charge in [0.25, 0.3) is 0 Å². The molecule has 0 saturated heterocycles. The monoisotopic (exact) mass is 640 g/mol. The number of hydrogen-bond donors (Lipinski definition) is 6. The SMILES string of the molecule is CC(CC1(C(=O)O)C(C(=O)O)C(C(=O)O)C1C(=O)O)(c1ccc(Oc2ccc(N)cc2)cc1)c1ccc(Oc2ccc(N)cc2)cc1. The molecule has 242 valence electrons. The molecule has 1 saturated carbocycles. The third-order valence-corrected chi connectivity index (χ3v) is 8.90. The quantitative estimate of drug-likeness (QED) is 0.108. The average molecular weight is 641 g/mol. The van der Waals surface area contributed by atoms with Crippen LogP contribution in [0, 0.1) is 23.2 Å². The van der Waals surface area contributed by atoms with E-state index in [1.165, 1.54) is 0 Å². The summed E-state index contributed by atoms with van der Waals surface area (Å²) in [6, 6.07) is 26.7. The fraction of sp³-hybridized carbons (Fsp3) is 0.200. The molecule has 0 aliphatic heterocycles. The van der Waals surface area contributed by atoms with Crippen LogP contribution in [0.2, 0.25) is 0 Å². The highest BCUT2D eigenvalue weighted by molar-refractivity contribution is 5.98. The van der Waals surface area contributed by atoms with Gasteiger partial charge in [0.15, 0.2) is 0 Å². The zero-order valence-electron chi connectivity index (χ0n) is 25.1. The van der Waals surface area contributed by atoms with Crippen LogP contribution in [0.4, 0.5) is 11.4 Å². The number of hydrogen-bond acceptors (Lipinski definition) is 8. The van der Waals surface area contributed by atoms with Gasteiger partial charge < -0.3 is 41.4 Å². The van der Waals surface area contributed by atoms with Crippen LogP contribution < -0.4 is 20.9 Å². The predicted molar refractivity (Wildman–Crippen MR) is 169 cm³/mol. The zero-order valence-corrected chi connectivity index (χ0v) is 25.1. The predicted octanol–water partition coefficient (Wildman–Crippen LogP) is 5.32. The number of carboxylic acid groups (broad SMARTS) is 4. The third-order valence-electron chi connectivity index (χ3n) is 8.90. The second kappa shape index (κ2) is 12.4. The van der Waals surface area contributed by atoms with Gasteiger partial charge in [0, 0.05) is 16.8 Å². The van der Waals surface area contributed by atoms with Crippen molar-refractivity contribution in [3.63, 3.8) is 0 Å². The van der Waals surface area contributed by atoms with Crippen molar-refractivity contribution in [2.24, 2.45) is 23.2 Å². The van der Waals surface area contributed by atoms with Gasteiger partial charge in [0.1, 0.15) is 23.0 Å². The highest BCUT2D eigenvalue weighted by atomic mass is 16.5. The van der Waals surface area contributed by atoms with Crippen molar-refractivity contribution in [3.8, 4) is 23.0 Å². The molecule has 12 nitrogen and oxygen atoms in total. The molecule has 1 fully saturated rings. The van der Waals surface area contributed by atoms with Gasteiger partial charge in [-0.05, 0) is 90.3 Å². The van der Waals surface area contributed by atoms with Crippen LogP contribution in [-0.4, -0.2) is 44.3 Å². The van der Waals surface area contributed by atoms with E-state index in [0.717, 1.165) is 0 Å². The van der Waals surface area contributed by atoms with Gasteiger partial charge in [-0.25, -0.2) is 0 Å². The second-order valence-corrected chi connectivity index (χ2v) is 11.7. The number of rotatable bonds is 12. The zero-order chi connectivity index (χ0) is 34.1. The van der Waals surface area contributed by atoms with Crippen LogP contribution in [0.1, 0.15) is 24.5 Å². The summed E-state index contributed by atoms with van der Waals surface area (Å²) < 4.78 is 11.8. The van der Waals surface area contributed by atoms with Gasteiger partial charge in [0.05, 0.1) is 23.2 Å². The number of aliphatic carboxylic acids is 4. The standard InChI is InChI=1S/C35H32N2O10/c1-34(19-2-10-23(11-3-19)46-25-14-6-21(36)7-15-25,20-4-12-24(13-5-20)47-26-16-8-22(37)9-17-26)18-35(33(44)45)28(31(40)41)27(30(38)39)29(35)32(42)43/h2-17,27-29H,18,36-37H2,1H3,(H,38,39)(H,40,41)(H,42,43)(H,44,45). The van der Waals surface area contributed by atoms with Gasteiger partial charge in [0.2, 0.25) is 0 Å². The van der Waals surface area contributed by atoms with E-state index in [4.69, 9.17) is 20.9 Å². The lowest BCUT2D eigenvalue weighted by Gasteiger charge is -2.55. The Morgan fingerprint density at radius 1 is 0.596 bits per heavy atom. The van der Waals surface area contributed by atoms with Crippen LogP contribution in [0.3, 0.4) is 0 Å². The van der Waals surface area contributed by atoms with Crippen LogP contribution in [0.5, 0.6) is 23.0 Å². The highest BCUT2D eigenvalue weighted by Crippen LogP contribution is 2.62. The lowest BCUT2D eigenvalue weighted by molar-refractivity contribution is -0.215. The van der Waals surface area contributed by atoms with Crippen LogP contribution in [0.15, 0.2) is 97.1 Å². The minimum atomic E-state index is -2.48. The Kier molecular flexibility index (Phi) is 8.53. The van der Waals surface area contributed by atoms with Crippen LogP contribution >= 0.6 is 0 Å². The molecular formula is C35H32N2O10. The van der Waals surface area contributed by atoms with Gasteiger partial charge in [-0.15, -0.1) is 0 Å². The Balaban J connectivity index is 1.59. The number of carbonyl (C=O) groups is 4. The Hall–Kier alpha value is -6.04. The van der Waals surface area contributed by atoms with E-state index >= 15 is 0 Å². The summed E-state index contributed by atoms with van der Waals surface area (Å²) in [6.45, 7) is 1.66. The summed E-state index contributed by atoms with van der Waals surface area (Å²) in [5, 5.41) is 40.5. The fourth-order valence-corrected chi connectivity index (χ4v) is 6.58. The number of ether oxygens (including phenoxy) is 2. The van der Waals surface area contributed by atoms with E-state index in [9.17, 15) is 39.6 Å². The summed E-state index contributed by atoms with van der Waals surface area (Å²) >= 11 is 0. The van der Waals surface area contributed by atoms with E-state index in [-0.39, 0.29) is 0 Å². The molecule has 12 heteroatoms. The number of anilines is 2. The van der Waals surface area contributed by atoms with Crippen molar-refractivity contribution in [2.45, 2.75) is 18.8 Å². The van der Waals surface area contributed by atoms with Gasteiger partial charge in [-0.3, -0.25) is 19.2 Å². The van der Waals surface area contributed by atoms with E-state index in [1.54, 1.807) is 104 Å². The number of nitrogens with two attached hydrogens (primary N) is 2. The first-order valence-electron chi connectivity index (χ1n) is 14.5. The number of nitrogen functional groups attached to an aromatic ring is 2. The van der Waals surface area contributed by atoms with Crippen molar-refractivity contribution >= 4 is 35.3 Å². The van der Waals surface area contributed by atoms with Crippen molar-refractivity contribution in [1.82, 2.24) is 0 Å². The van der Waals surface area contributed by atoms with E-state index in [2.05, 4.69) is 0 Å². The van der Waals surface area contributed by atoms with E-state index in [1.807, 2.05) is 0 Å². The summed E-state index contributed by atoms with van der Waals surface area (Å²) in [7, 11) is 0. The normalized spacial score (nSPS) is 20.4. The lowest BCUT2D eigenvalue weighted by Crippen LogP contribution is -2.69. The van der Waals surface area contributed by atoms with Crippen LogP contribution in [0.25, 0.3) is 0 Å². The Morgan fingerprint density at radius 2 is 0.915 bits per heavy atom. The Morgan fingerprint density at radius 3 is 1.19 bits per heavy atom. The molecule has 4 aromatic rings. The summed E-state index contributed by atoms with van der Waals surface area (Å²) in [5.74, 6) is -10.9. The molecule has 5 rings (SSSR count). The highest BCUT2D eigenvalue weighted by Gasteiger charge is 2.75. The lowest BCUT2D eigenvalue weighted by atomic mass is 9.42. The first kappa shape index (κ1) is 32.4. The molecule has 2 unspecified atom stereocenters. The maximum atomic E-state index is 13.0. The number of benzene rings is 4. The summed E-state index contributed by atoms with van der Waals surface area (Å²) in [5.41, 5.74) is 9.79. The van der Waals surface area contributed by atoms with E-state index < -0.39 is 58.9 Å². The molecule has 0 radical (unpaired) electrons. The molecular weight excluding hydrogens is 608 g/mol. The second-order valence-electron chi connectivity index (χ2n) is 11.7. The largest absolute Gasteiger partial charge is 0.481 e. The van der Waals surface area contributed by atoms with Crippen molar-refractivity contribution in [1.29, 1.82) is 0 Å². The molecule has 0 spiro atoms. The molecule has 0 heterocycles. The smallest absolute Gasteiger partial charge is 0.311 e. The maximum absolute atomic E-state index is 13.0. The van der Waals surface area contributed by atoms with Crippen molar-refractivity contribution in [3.05, 3.63) is 108 Å². The molecule has 47 heavy (non-hydrogen) atoms. The maximum Gasteiger partial charge on any atom is 0.311 e. The Labute approximate surface area is 268 Å². The van der Waals surface area contributed by atoms with Crippen LogP contribution in [-0.2, 0) is 24.6 Å². The topological polar surface area (TPSA) is 220 Å². The molecule has 0 bridgehead atoms. The fourth-order valence-electron chi connectivity index (χ4n) is 6.58. The molecule has 0 amide bonds. The first-order chi connectivity index (χ1) is 22.3. The third kappa shape index (κ3) is 6.00. The molecule has 1 aliphatic carbocycles. The van der Waals surface area contributed by atoms with Gasteiger partial charge >= 0.3 is 23.9 Å². The minimum Gasteiger partial charge on any atom is -0.481 e. The van der Waals surface area contributed by atoms with Crippen molar-refractivity contribution in [2.75, 3.05) is 11.5 Å². The Bertz CT molecular complexity index is 1690. The molecule has 2 atom stereocenters. The summed E-state index contributed by atoms with van der Waals surface area (Å²) in [4.78, 5) is 50.0. The first-order valence-corrected chi connectivity index (χ1v) is 14.5. The summed E-state index contributed by atoms with van der Waals surface area (Å²) in [6.07, 6.45) is -0.552. The number of carboxylic acids is 4. The van der Waals surface area contributed by atoms with Gasteiger partial charge in [-0.1, -0.05) is 31.2 Å². The molecule has 8 N–H and O–H groups in total. The van der Waals surface area contributed by atoms with Gasteiger partial charge in [-0.2, -0.15) is 0 Å². The van der Waals surface area contributed by atoms with E-state index in [0.29, 0.717) is 45.5 Å².